The first-order valence-corrected chi connectivity index (χ1v) is 4.36. The van der Waals surface area contributed by atoms with Crippen molar-refractivity contribution in [2.24, 2.45) is 5.92 Å². The van der Waals surface area contributed by atoms with Crippen molar-refractivity contribution in [3.05, 3.63) is 0 Å². The lowest BCUT2D eigenvalue weighted by Crippen LogP contribution is -2.62. The van der Waals surface area contributed by atoms with E-state index in [-0.39, 0.29) is 0 Å². The maximum Gasteiger partial charge on any atom is 0.0160 e. The molecule has 2 rings (SSSR count). The van der Waals surface area contributed by atoms with Crippen LogP contribution in [0.5, 0.6) is 0 Å². The van der Waals surface area contributed by atoms with Crippen LogP contribution in [-0.2, 0) is 0 Å². The topological polar surface area (TPSA) is 15.3 Å². The van der Waals surface area contributed by atoms with E-state index in [9.17, 15) is 0 Å². The van der Waals surface area contributed by atoms with E-state index in [1.54, 1.807) is 0 Å². The fourth-order valence-corrected chi connectivity index (χ4v) is 2.24. The van der Waals surface area contributed by atoms with Gasteiger partial charge in [0.2, 0.25) is 0 Å². The molecular formula is C8H16N2. The molecule has 1 N–H and O–H groups in total. The number of piperidine rings is 1. The standard InChI is InChI=1S/C8H16N2/c1-2-10-6-7-5-9-4-3-8(7)10/h7-9H,2-6H2,1H3/t7-,8-/m0/s1. The highest BCUT2D eigenvalue weighted by Gasteiger charge is 2.38. The van der Waals surface area contributed by atoms with Gasteiger partial charge in [0.25, 0.3) is 0 Å². The van der Waals surface area contributed by atoms with Gasteiger partial charge in [0, 0.05) is 19.1 Å². The van der Waals surface area contributed by atoms with Crippen LogP contribution in [0.4, 0.5) is 0 Å². The molecule has 0 aromatic carbocycles. The molecule has 2 atom stereocenters. The zero-order valence-corrected chi connectivity index (χ0v) is 6.64. The Labute approximate surface area is 62.6 Å². The van der Waals surface area contributed by atoms with Gasteiger partial charge in [0.15, 0.2) is 0 Å². The second kappa shape index (κ2) is 2.51. The number of hydrogen-bond acceptors (Lipinski definition) is 2. The van der Waals surface area contributed by atoms with Crippen molar-refractivity contribution in [2.75, 3.05) is 26.2 Å². The molecule has 2 nitrogen and oxygen atoms in total. The Morgan fingerprint density at radius 2 is 2.50 bits per heavy atom. The first kappa shape index (κ1) is 6.62. The third kappa shape index (κ3) is 0.867. The lowest BCUT2D eigenvalue weighted by atomic mass is 9.84. The average Bonchev–Trinajstić information content (AvgIpc) is 1.92. The van der Waals surface area contributed by atoms with Gasteiger partial charge in [-0.15, -0.1) is 0 Å². The fraction of sp³-hybridized carbons (Fsp3) is 1.00. The molecule has 0 saturated carbocycles. The number of nitrogens with zero attached hydrogens (tertiary/aromatic N) is 1. The summed E-state index contributed by atoms with van der Waals surface area (Å²) in [7, 11) is 0. The Morgan fingerprint density at radius 1 is 1.60 bits per heavy atom. The summed E-state index contributed by atoms with van der Waals surface area (Å²) in [6, 6.07) is 0.936. The van der Waals surface area contributed by atoms with Gasteiger partial charge in [-0.3, -0.25) is 4.90 Å². The van der Waals surface area contributed by atoms with Gasteiger partial charge in [-0.2, -0.15) is 0 Å². The Bertz CT molecular complexity index is 120. The average molecular weight is 140 g/mol. The van der Waals surface area contributed by atoms with Crippen molar-refractivity contribution in [1.82, 2.24) is 10.2 Å². The summed E-state index contributed by atoms with van der Waals surface area (Å²) in [6.45, 7) is 7.35. The van der Waals surface area contributed by atoms with Crippen LogP contribution in [0.3, 0.4) is 0 Å². The summed E-state index contributed by atoms with van der Waals surface area (Å²) in [5.41, 5.74) is 0. The normalized spacial score (nSPS) is 40.5. The van der Waals surface area contributed by atoms with Gasteiger partial charge in [0.05, 0.1) is 0 Å². The summed E-state index contributed by atoms with van der Waals surface area (Å²) in [4.78, 5) is 2.59. The Kier molecular flexibility index (Phi) is 1.66. The lowest BCUT2D eigenvalue weighted by Gasteiger charge is -2.50. The van der Waals surface area contributed by atoms with Gasteiger partial charge in [-0.1, -0.05) is 6.92 Å². The quantitative estimate of drug-likeness (QED) is 0.563. The minimum atomic E-state index is 0.936. The molecule has 0 spiro atoms. The third-order valence-corrected chi connectivity index (χ3v) is 2.91. The molecule has 2 aliphatic heterocycles. The molecule has 2 heteroatoms. The Hall–Kier alpha value is -0.0800. The zero-order chi connectivity index (χ0) is 6.97. The van der Waals surface area contributed by atoms with Gasteiger partial charge >= 0.3 is 0 Å². The predicted molar refractivity (Wildman–Crippen MR) is 42.0 cm³/mol. The monoisotopic (exact) mass is 140 g/mol. The highest BCUT2D eigenvalue weighted by Crippen LogP contribution is 2.28. The van der Waals surface area contributed by atoms with E-state index in [0.29, 0.717) is 0 Å². The number of hydrogen-bond donors (Lipinski definition) is 1. The number of likely N-dealkylation sites (tertiary alicyclic amines) is 1. The number of fused-ring (bicyclic) bond motifs is 1. The van der Waals surface area contributed by atoms with E-state index < -0.39 is 0 Å². The van der Waals surface area contributed by atoms with Gasteiger partial charge in [-0.25, -0.2) is 0 Å². The Morgan fingerprint density at radius 3 is 3.20 bits per heavy atom. The predicted octanol–water partition coefficient (Wildman–Crippen LogP) is 0.300. The molecule has 2 aliphatic rings. The summed E-state index contributed by atoms with van der Waals surface area (Å²) in [5, 5.41) is 3.43. The molecule has 2 heterocycles. The third-order valence-electron chi connectivity index (χ3n) is 2.91. The number of rotatable bonds is 1. The van der Waals surface area contributed by atoms with E-state index in [0.717, 1.165) is 12.0 Å². The molecule has 0 aromatic rings. The van der Waals surface area contributed by atoms with E-state index >= 15 is 0 Å². The molecule has 0 radical (unpaired) electrons. The molecule has 58 valence electrons. The van der Waals surface area contributed by atoms with Crippen LogP contribution in [0, 0.1) is 5.92 Å². The van der Waals surface area contributed by atoms with E-state index in [2.05, 4.69) is 17.1 Å². The second-order valence-electron chi connectivity index (χ2n) is 3.41. The summed E-state index contributed by atoms with van der Waals surface area (Å²) >= 11 is 0. The summed E-state index contributed by atoms with van der Waals surface area (Å²) in [6.07, 6.45) is 1.37. The van der Waals surface area contributed by atoms with Gasteiger partial charge < -0.3 is 5.32 Å². The smallest absolute Gasteiger partial charge is 0.0160 e. The van der Waals surface area contributed by atoms with Crippen LogP contribution in [0.2, 0.25) is 0 Å². The maximum absolute atomic E-state index is 3.43. The van der Waals surface area contributed by atoms with Crippen molar-refractivity contribution in [1.29, 1.82) is 0 Å². The minimum Gasteiger partial charge on any atom is -0.316 e. The highest BCUT2D eigenvalue weighted by molar-refractivity contribution is 4.95. The number of nitrogens with one attached hydrogen (secondary N) is 1. The largest absolute Gasteiger partial charge is 0.316 e. The van der Waals surface area contributed by atoms with E-state index in [1.165, 1.54) is 32.6 Å². The first-order chi connectivity index (χ1) is 4.92. The van der Waals surface area contributed by atoms with E-state index in [1.807, 2.05) is 0 Å². The second-order valence-corrected chi connectivity index (χ2v) is 3.41. The minimum absolute atomic E-state index is 0.936. The van der Waals surface area contributed by atoms with Crippen LogP contribution in [0.25, 0.3) is 0 Å². The van der Waals surface area contributed by atoms with Crippen molar-refractivity contribution in [2.45, 2.75) is 19.4 Å². The molecule has 0 bridgehead atoms. The Balaban J connectivity index is 1.89. The SMILES string of the molecule is CCN1C[C@@H]2CNCC[C@@H]21. The van der Waals surface area contributed by atoms with Crippen molar-refractivity contribution < 1.29 is 0 Å². The first-order valence-electron chi connectivity index (χ1n) is 4.36. The highest BCUT2D eigenvalue weighted by atomic mass is 15.2. The zero-order valence-electron chi connectivity index (χ0n) is 6.64. The lowest BCUT2D eigenvalue weighted by molar-refractivity contribution is -0.000447. The van der Waals surface area contributed by atoms with Crippen LogP contribution in [-0.4, -0.2) is 37.1 Å². The van der Waals surface area contributed by atoms with Crippen molar-refractivity contribution >= 4 is 0 Å². The maximum atomic E-state index is 3.43. The van der Waals surface area contributed by atoms with Crippen molar-refractivity contribution in [3.63, 3.8) is 0 Å². The van der Waals surface area contributed by atoms with Crippen LogP contribution >= 0.6 is 0 Å². The molecule has 2 saturated heterocycles. The molecule has 2 fully saturated rings. The molecule has 10 heavy (non-hydrogen) atoms. The molecular weight excluding hydrogens is 124 g/mol. The van der Waals surface area contributed by atoms with Crippen LogP contribution in [0.1, 0.15) is 13.3 Å². The fourth-order valence-electron chi connectivity index (χ4n) is 2.24. The van der Waals surface area contributed by atoms with E-state index in [4.69, 9.17) is 0 Å². The van der Waals surface area contributed by atoms with Crippen LogP contribution in [0.15, 0.2) is 0 Å². The van der Waals surface area contributed by atoms with Gasteiger partial charge in [-0.05, 0) is 25.4 Å². The van der Waals surface area contributed by atoms with Crippen molar-refractivity contribution in [3.8, 4) is 0 Å². The molecule has 0 unspecified atom stereocenters. The molecule has 0 amide bonds. The summed E-state index contributed by atoms with van der Waals surface area (Å²) < 4.78 is 0. The molecule has 0 aromatic heterocycles. The summed E-state index contributed by atoms with van der Waals surface area (Å²) in [5.74, 6) is 0.980. The van der Waals surface area contributed by atoms with Crippen LogP contribution < -0.4 is 5.32 Å². The van der Waals surface area contributed by atoms with Gasteiger partial charge in [0.1, 0.15) is 0 Å². The molecule has 0 aliphatic carbocycles.